The SMILES string of the molecule is CNCc1cnc2c(c1)CSCC2. The quantitative estimate of drug-likeness (QED) is 0.774. The first-order valence-electron chi connectivity index (χ1n) is 4.59. The lowest BCUT2D eigenvalue weighted by molar-refractivity contribution is 0.806. The second kappa shape index (κ2) is 4.11. The van der Waals surface area contributed by atoms with Crippen molar-refractivity contribution in [1.29, 1.82) is 0 Å². The molecule has 1 aliphatic heterocycles. The van der Waals surface area contributed by atoms with E-state index in [0.717, 1.165) is 18.7 Å². The Kier molecular flexibility index (Phi) is 2.86. The van der Waals surface area contributed by atoms with Crippen LogP contribution in [0.5, 0.6) is 0 Å². The highest BCUT2D eigenvalue weighted by atomic mass is 32.2. The largest absolute Gasteiger partial charge is 0.316 e. The predicted octanol–water partition coefficient (Wildman–Crippen LogP) is 1.59. The van der Waals surface area contributed by atoms with E-state index in [1.807, 2.05) is 25.0 Å². The third-order valence-electron chi connectivity index (χ3n) is 2.24. The summed E-state index contributed by atoms with van der Waals surface area (Å²) >= 11 is 2.00. The molecule has 70 valence electrons. The summed E-state index contributed by atoms with van der Waals surface area (Å²) in [5, 5.41) is 3.14. The third-order valence-corrected chi connectivity index (χ3v) is 3.25. The number of fused-ring (bicyclic) bond motifs is 1. The van der Waals surface area contributed by atoms with Gasteiger partial charge in [0.25, 0.3) is 0 Å². The maximum atomic E-state index is 4.48. The summed E-state index contributed by atoms with van der Waals surface area (Å²) in [6.45, 7) is 0.922. The van der Waals surface area contributed by atoms with Crippen LogP contribution < -0.4 is 5.32 Å². The minimum Gasteiger partial charge on any atom is -0.316 e. The van der Waals surface area contributed by atoms with Crippen LogP contribution in [0.4, 0.5) is 0 Å². The zero-order chi connectivity index (χ0) is 9.10. The van der Waals surface area contributed by atoms with Crippen molar-refractivity contribution in [3.05, 3.63) is 29.1 Å². The Hall–Kier alpha value is -0.540. The van der Waals surface area contributed by atoms with Crippen molar-refractivity contribution < 1.29 is 0 Å². The van der Waals surface area contributed by atoms with Crippen LogP contribution in [-0.4, -0.2) is 17.8 Å². The van der Waals surface area contributed by atoms with Crippen molar-refractivity contribution in [3.63, 3.8) is 0 Å². The molecule has 13 heavy (non-hydrogen) atoms. The number of aromatic nitrogens is 1. The van der Waals surface area contributed by atoms with Gasteiger partial charge in [0.2, 0.25) is 0 Å². The van der Waals surface area contributed by atoms with Crippen molar-refractivity contribution in [3.8, 4) is 0 Å². The first-order chi connectivity index (χ1) is 6.40. The summed E-state index contributed by atoms with van der Waals surface area (Å²) in [4.78, 5) is 4.48. The van der Waals surface area contributed by atoms with Crippen molar-refractivity contribution in [1.82, 2.24) is 10.3 Å². The number of aryl methyl sites for hydroxylation is 1. The fraction of sp³-hybridized carbons (Fsp3) is 0.500. The van der Waals surface area contributed by atoms with E-state index in [-0.39, 0.29) is 0 Å². The van der Waals surface area contributed by atoms with E-state index in [0.29, 0.717) is 0 Å². The molecule has 0 atom stereocenters. The molecule has 1 aromatic heterocycles. The molecule has 0 bridgehead atoms. The third kappa shape index (κ3) is 2.03. The lowest BCUT2D eigenvalue weighted by Gasteiger charge is -2.14. The zero-order valence-electron chi connectivity index (χ0n) is 7.84. The minimum absolute atomic E-state index is 0.922. The van der Waals surface area contributed by atoms with E-state index in [1.54, 1.807) is 0 Å². The molecule has 1 aromatic rings. The van der Waals surface area contributed by atoms with Gasteiger partial charge in [0.1, 0.15) is 0 Å². The molecular formula is C10H14N2S. The van der Waals surface area contributed by atoms with E-state index < -0.39 is 0 Å². The lowest BCUT2D eigenvalue weighted by atomic mass is 10.1. The van der Waals surface area contributed by atoms with Gasteiger partial charge in [-0.1, -0.05) is 6.07 Å². The summed E-state index contributed by atoms with van der Waals surface area (Å²) in [7, 11) is 1.97. The lowest BCUT2D eigenvalue weighted by Crippen LogP contribution is -2.09. The number of thioether (sulfide) groups is 1. The molecule has 0 aromatic carbocycles. The number of hydrogen-bond donors (Lipinski definition) is 1. The van der Waals surface area contributed by atoms with Gasteiger partial charge < -0.3 is 5.32 Å². The Morgan fingerprint density at radius 3 is 3.38 bits per heavy atom. The molecule has 0 amide bonds. The van der Waals surface area contributed by atoms with Gasteiger partial charge in [0.05, 0.1) is 0 Å². The van der Waals surface area contributed by atoms with Gasteiger partial charge in [-0.15, -0.1) is 0 Å². The Labute approximate surface area is 83.1 Å². The minimum atomic E-state index is 0.922. The molecule has 2 rings (SSSR count). The van der Waals surface area contributed by atoms with Crippen LogP contribution in [0.3, 0.4) is 0 Å². The molecule has 0 saturated carbocycles. The number of nitrogens with zero attached hydrogens (tertiary/aromatic N) is 1. The molecule has 0 radical (unpaired) electrons. The smallest absolute Gasteiger partial charge is 0.0452 e. The molecular weight excluding hydrogens is 180 g/mol. The second-order valence-electron chi connectivity index (χ2n) is 3.28. The van der Waals surface area contributed by atoms with E-state index in [2.05, 4.69) is 16.4 Å². The summed E-state index contributed by atoms with van der Waals surface area (Å²) in [5.41, 5.74) is 4.03. The molecule has 0 spiro atoms. The van der Waals surface area contributed by atoms with Crippen molar-refractivity contribution in [2.45, 2.75) is 18.7 Å². The van der Waals surface area contributed by atoms with E-state index >= 15 is 0 Å². The monoisotopic (exact) mass is 194 g/mol. The van der Waals surface area contributed by atoms with Gasteiger partial charge >= 0.3 is 0 Å². The van der Waals surface area contributed by atoms with Crippen LogP contribution in [0.1, 0.15) is 16.8 Å². The zero-order valence-corrected chi connectivity index (χ0v) is 8.66. The molecule has 0 saturated heterocycles. The molecule has 0 unspecified atom stereocenters. The first kappa shape index (κ1) is 9.03. The van der Waals surface area contributed by atoms with Gasteiger partial charge in [-0.3, -0.25) is 4.98 Å². The normalized spacial score (nSPS) is 15.5. The van der Waals surface area contributed by atoms with Crippen molar-refractivity contribution in [2.24, 2.45) is 0 Å². The number of hydrogen-bond acceptors (Lipinski definition) is 3. The Morgan fingerprint density at radius 1 is 1.62 bits per heavy atom. The second-order valence-corrected chi connectivity index (χ2v) is 4.39. The van der Waals surface area contributed by atoms with Crippen LogP contribution in [-0.2, 0) is 18.7 Å². The summed E-state index contributed by atoms with van der Waals surface area (Å²) in [6.07, 6.45) is 3.13. The van der Waals surface area contributed by atoms with Gasteiger partial charge in [0.15, 0.2) is 0 Å². The number of pyridine rings is 1. The molecule has 1 aliphatic rings. The molecule has 2 heterocycles. The van der Waals surface area contributed by atoms with E-state index in [4.69, 9.17) is 0 Å². The van der Waals surface area contributed by atoms with Gasteiger partial charge in [-0.05, 0) is 30.3 Å². The Balaban J connectivity index is 2.24. The first-order valence-corrected chi connectivity index (χ1v) is 5.74. The van der Waals surface area contributed by atoms with Crippen LogP contribution in [0, 0.1) is 0 Å². The summed E-state index contributed by atoms with van der Waals surface area (Å²) in [5.74, 6) is 2.37. The molecule has 0 aliphatic carbocycles. The van der Waals surface area contributed by atoms with Crippen molar-refractivity contribution in [2.75, 3.05) is 12.8 Å². The van der Waals surface area contributed by atoms with Gasteiger partial charge in [-0.25, -0.2) is 0 Å². The fourth-order valence-electron chi connectivity index (χ4n) is 1.59. The van der Waals surface area contributed by atoms with Gasteiger partial charge in [0, 0.05) is 24.2 Å². The standard InChI is InChI=1S/C10H14N2S/c1-11-5-8-4-9-7-13-3-2-10(9)12-6-8/h4,6,11H,2-3,5,7H2,1H3. The molecule has 2 nitrogen and oxygen atoms in total. The Bertz CT molecular complexity index is 299. The maximum Gasteiger partial charge on any atom is 0.0452 e. The molecule has 1 N–H and O–H groups in total. The topological polar surface area (TPSA) is 24.9 Å². The van der Waals surface area contributed by atoms with Crippen LogP contribution >= 0.6 is 11.8 Å². The molecule has 3 heteroatoms. The van der Waals surface area contributed by atoms with Crippen LogP contribution in [0.15, 0.2) is 12.3 Å². The molecule has 0 fully saturated rings. The van der Waals surface area contributed by atoms with Crippen LogP contribution in [0.25, 0.3) is 0 Å². The average Bonchev–Trinajstić information content (AvgIpc) is 2.18. The van der Waals surface area contributed by atoms with Gasteiger partial charge in [-0.2, -0.15) is 11.8 Å². The fourth-order valence-corrected chi connectivity index (χ4v) is 2.54. The number of rotatable bonds is 2. The highest BCUT2D eigenvalue weighted by Gasteiger charge is 2.10. The maximum absolute atomic E-state index is 4.48. The highest BCUT2D eigenvalue weighted by molar-refractivity contribution is 7.98. The number of nitrogens with one attached hydrogen (secondary N) is 1. The average molecular weight is 194 g/mol. The van der Waals surface area contributed by atoms with E-state index in [9.17, 15) is 0 Å². The van der Waals surface area contributed by atoms with Crippen molar-refractivity contribution >= 4 is 11.8 Å². The highest BCUT2D eigenvalue weighted by Crippen LogP contribution is 2.23. The Morgan fingerprint density at radius 2 is 2.54 bits per heavy atom. The predicted molar refractivity (Wildman–Crippen MR) is 56.9 cm³/mol. The van der Waals surface area contributed by atoms with Crippen LogP contribution in [0.2, 0.25) is 0 Å². The summed E-state index contributed by atoms with van der Waals surface area (Å²) in [6, 6.07) is 2.28. The summed E-state index contributed by atoms with van der Waals surface area (Å²) < 4.78 is 0. The van der Waals surface area contributed by atoms with E-state index in [1.165, 1.54) is 22.6 Å².